The van der Waals surface area contributed by atoms with Gasteiger partial charge in [0.25, 0.3) is 0 Å². The molecule has 5 nitrogen and oxygen atoms in total. The van der Waals surface area contributed by atoms with Crippen molar-refractivity contribution in [1.29, 1.82) is 0 Å². The van der Waals surface area contributed by atoms with Crippen LogP contribution in [0.1, 0.15) is 38.5 Å². The molecule has 0 spiro atoms. The Kier molecular flexibility index (Phi) is 8.79. The Morgan fingerprint density at radius 1 is 1.35 bits per heavy atom. The van der Waals surface area contributed by atoms with Crippen LogP contribution in [0.15, 0.2) is 0 Å². The maximum atomic E-state index is 11.1. The Hall–Kier alpha value is -1.54. The Morgan fingerprint density at radius 3 is 2.65 bits per heavy atom. The second kappa shape index (κ2) is 9.67. The second-order valence-electron chi connectivity index (χ2n) is 3.72. The molecule has 0 aliphatic heterocycles. The summed E-state index contributed by atoms with van der Waals surface area (Å²) in [7, 11) is 0. The quantitative estimate of drug-likeness (QED) is 0.356. The molecule has 0 fully saturated rings. The van der Waals surface area contributed by atoms with Crippen molar-refractivity contribution in [3.8, 4) is 12.3 Å². The highest BCUT2D eigenvalue weighted by Crippen LogP contribution is 2.06. The lowest BCUT2D eigenvalue weighted by molar-refractivity contribution is -0.143. The topological polar surface area (TPSA) is 89.6 Å². The minimum absolute atomic E-state index is 0.261. The number of hydrogen-bond donors (Lipinski definition) is 2. The van der Waals surface area contributed by atoms with Gasteiger partial charge in [0.2, 0.25) is 0 Å². The first kappa shape index (κ1) is 15.5. The number of nitrogens with two attached hydrogens (primary N) is 1. The molecular formula is C12H19NO4. The minimum atomic E-state index is -0.987. The zero-order chi connectivity index (χ0) is 13.1. The smallest absolute Gasteiger partial charge is 0.320 e. The Balaban J connectivity index is 3.36. The average molecular weight is 241 g/mol. The molecule has 0 aromatic heterocycles. The number of esters is 1. The lowest BCUT2D eigenvalue weighted by atomic mass is 10.1. The van der Waals surface area contributed by atoms with Crippen molar-refractivity contribution in [2.75, 3.05) is 6.61 Å². The van der Waals surface area contributed by atoms with Crippen molar-refractivity contribution >= 4 is 11.9 Å². The largest absolute Gasteiger partial charge is 0.480 e. The van der Waals surface area contributed by atoms with Gasteiger partial charge in [-0.1, -0.05) is 12.8 Å². The minimum Gasteiger partial charge on any atom is -0.480 e. The number of ether oxygens (including phenoxy) is 1. The van der Waals surface area contributed by atoms with Crippen molar-refractivity contribution < 1.29 is 19.4 Å². The van der Waals surface area contributed by atoms with Gasteiger partial charge in [0.05, 0.1) is 0 Å². The van der Waals surface area contributed by atoms with Gasteiger partial charge >= 0.3 is 11.9 Å². The first-order valence-corrected chi connectivity index (χ1v) is 5.65. The number of carbonyl (C=O) groups is 2. The van der Waals surface area contributed by atoms with E-state index < -0.39 is 12.0 Å². The molecule has 0 aliphatic carbocycles. The summed E-state index contributed by atoms with van der Waals surface area (Å²) in [6, 6.07) is -0.808. The predicted molar refractivity (Wildman–Crippen MR) is 63.1 cm³/mol. The van der Waals surface area contributed by atoms with Crippen molar-refractivity contribution in [3.63, 3.8) is 0 Å². The third-order valence-corrected chi connectivity index (χ3v) is 2.22. The molecule has 5 heteroatoms. The van der Waals surface area contributed by atoms with E-state index in [0.29, 0.717) is 32.1 Å². The highest BCUT2D eigenvalue weighted by molar-refractivity contribution is 5.72. The summed E-state index contributed by atoms with van der Waals surface area (Å²) in [5.74, 6) is 1.13. The number of aliphatic carboxylic acids is 1. The van der Waals surface area contributed by atoms with E-state index in [1.165, 1.54) is 0 Å². The van der Waals surface area contributed by atoms with Crippen LogP contribution in [0.25, 0.3) is 0 Å². The second-order valence-corrected chi connectivity index (χ2v) is 3.72. The molecule has 17 heavy (non-hydrogen) atoms. The van der Waals surface area contributed by atoms with Crippen LogP contribution in [-0.2, 0) is 14.3 Å². The summed E-state index contributed by atoms with van der Waals surface area (Å²) < 4.78 is 4.85. The van der Waals surface area contributed by atoms with Gasteiger partial charge in [-0.25, -0.2) is 0 Å². The predicted octanol–water partition coefficient (Wildman–Crippen LogP) is 0.915. The molecule has 0 radical (unpaired) electrons. The van der Waals surface area contributed by atoms with Crippen LogP contribution in [0.4, 0.5) is 0 Å². The summed E-state index contributed by atoms with van der Waals surface area (Å²) in [5.41, 5.74) is 5.33. The van der Waals surface area contributed by atoms with Gasteiger partial charge in [-0.3, -0.25) is 9.59 Å². The van der Waals surface area contributed by atoms with Crippen molar-refractivity contribution in [2.24, 2.45) is 5.73 Å². The standard InChI is InChI=1S/C12H19NO4/c1-2-3-9-17-11(14)8-6-4-5-7-10(13)12(15)16/h1,10H,3-9,13H2,(H,15,16)/t10-/m0/s1. The number of rotatable bonds is 9. The Morgan fingerprint density at radius 2 is 2.06 bits per heavy atom. The number of carboxylic acids is 1. The van der Waals surface area contributed by atoms with Gasteiger partial charge in [-0.2, -0.15) is 0 Å². The monoisotopic (exact) mass is 241 g/mol. The fourth-order valence-electron chi connectivity index (χ4n) is 1.23. The lowest BCUT2D eigenvalue weighted by Gasteiger charge is -2.05. The van der Waals surface area contributed by atoms with E-state index in [0.717, 1.165) is 6.42 Å². The number of carboxylic acid groups (broad SMARTS) is 1. The van der Waals surface area contributed by atoms with Crippen molar-refractivity contribution in [1.82, 2.24) is 0 Å². The fraction of sp³-hybridized carbons (Fsp3) is 0.667. The Bertz CT molecular complexity index is 283. The van der Waals surface area contributed by atoms with Crippen LogP contribution in [-0.4, -0.2) is 29.7 Å². The average Bonchev–Trinajstić information content (AvgIpc) is 2.28. The third-order valence-electron chi connectivity index (χ3n) is 2.22. The molecule has 0 aromatic carbocycles. The molecule has 0 heterocycles. The molecule has 0 bridgehead atoms. The van der Waals surface area contributed by atoms with E-state index in [4.69, 9.17) is 22.0 Å². The third kappa shape index (κ3) is 9.39. The summed E-state index contributed by atoms with van der Waals surface area (Å²) in [6.45, 7) is 0.263. The van der Waals surface area contributed by atoms with Crippen LogP contribution in [0.5, 0.6) is 0 Å². The maximum absolute atomic E-state index is 11.1. The van der Waals surface area contributed by atoms with Crippen LogP contribution >= 0.6 is 0 Å². The maximum Gasteiger partial charge on any atom is 0.320 e. The van der Waals surface area contributed by atoms with Gasteiger partial charge in [0.1, 0.15) is 12.6 Å². The SMILES string of the molecule is C#CCCOC(=O)CCCCC[C@H](N)C(=O)O. The van der Waals surface area contributed by atoms with Crippen LogP contribution in [0, 0.1) is 12.3 Å². The van der Waals surface area contributed by atoms with Gasteiger partial charge in [0.15, 0.2) is 0 Å². The molecule has 0 unspecified atom stereocenters. The van der Waals surface area contributed by atoms with Crippen LogP contribution < -0.4 is 5.73 Å². The summed E-state index contributed by atoms with van der Waals surface area (Å²) >= 11 is 0. The van der Waals surface area contributed by atoms with Gasteiger partial charge in [0, 0.05) is 12.8 Å². The zero-order valence-electron chi connectivity index (χ0n) is 9.85. The molecule has 0 aromatic rings. The lowest BCUT2D eigenvalue weighted by Crippen LogP contribution is -2.29. The van der Waals surface area contributed by atoms with E-state index in [1.54, 1.807) is 0 Å². The zero-order valence-corrected chi connectivity index (χ0v) is 9.85. The number of hydrogen-bond acceptors (Lipinski definition) is 4. The highest BCUT2D eigenvalue weighted by Gasteiger charge is 2.10. The first-order chi connectivity index (χ1) is 8.07. The number of unbranched alkanes of at least 4 members (excludes halogenated alkanes) is 2. The first-order valence-electron chi connectivity index (χ1n) is 5.65. The highest BCUT2D eigenvalue weighted by atomic mass is 16.5. The van der Waals surface area contributed by atoms with Gasteiger partial charge < -0.3 is 15.6 Å². The van der Waals surface area contributed by atoms with Gasteiger partial charge in [-0.15, -0.1) is 12.3 Å². The number of terminal acetylenes is 1. The Labute approximate surface area is 101 Å². The summed E-state index contributed by atoms with van der Waals surface area (Å²) in [5, 5.41) is 8.53. The molecule has 1 atom stereocenters. The fourth-order valence-corrected chi connectivity index (χ4v) is 1.23. The normalized spacial score (nSPS) is 11.5. The molecule has 96 valence electrons. The number of carbonyl (C=O) groups excluding carboxylic acids is 1. The summed E-state index contributed by atoms with van der Waals surface area (Å²) in [4.78, 5) is 21.5. The summed E-state index contributed by atoms with van der Waals surface area (Å²) in [6.07, 6.45) is 8.36. The van der Waals surface area contributed by atoms with E-state index in [2.05, 4.69) is 5.92 Å². The van der Waals surface area contributed by atoms with Crippen molar-refractivity contribution in [3.05, 3.63) is 0 Å². The molecule has 0 saturated carbocycles. The van der Waals surface area contributed by atoms with Crippen LogP contribution in [0.3, 0.4) is 0 Å². The molecule has 0 aliphatic rings. The molecule has 3 N–H and O–H groups in total. The van der Waals surface area contributed by atoms with Crippen LogP contribution in [0.2, 0.25) is 0 Å². The molecule has 0 rings (SSSR count). The van der Waals surface area contributed by atoms with Gasteiger partial charge in [-0.05, 0) is 12.8 Å². The van der Waals surface area contributed by atoms with E-state index in [-0.39, 0.29) is 12.6 Å². The van der Waals surface area contributed by atoms with E-state index in [1.807, 2.05) is 0 Å². The van der Waals surface area contributed by atoms with Crippen molar-refractivity contribution in [2.45, 2.75) is 44.6 Å². The molecular weight excluding hydrogens is 222 g/mol. The molecule has 0 saturated heterocycles. The molecule has 0 amide bonds. The van der Waals surface area contributed by atoms with E-state index >= 15 is 0 Å². The van der Waals surface area contributed by atoms with E-state index in [9.17, 15) is 9.59 Å².